The molecule has 0 aromatic rings. The molecule has 0 rings (SSSR count). The molecule has 0 aliphatic rings. The Hall–Kier alpha value is -0.590. The summed E-state index contributed by atoms with van der Waals surface area (Å²) in [5.41, 5.74) is 0. The van der Waals surface area contributed by atoms with Crippen molar-refractivity contribution in [3.05, 3.63) is 0 Å². The molecule has 0 spiro atoms. The Kier molecular flexibility index (Phi) is 6.73. The maximum absolute atomic E-state index is 8.68. The number of hydrogen-bond donors (Lipinski definition) is 1. The van der Waals surface area contributed by atoms with E-state index in [0.29, 0.717) is 12.6 Å². The molecular formula is C9H18N2O. The molecule has 3 nitrogen and oxygen atoms in total. The average molecular weight is 170 g/mol. The molecule has 12 heavy (non-hydrogen) atoms. The lowest BCUT2D eigenvalue weighted by Gasteiger charge is -2.14. The monoisotopic (exact) mass is 170 g/mol. The van der Waals surface area contributed by atoms with E-state index in [-0.39, 0.29) is 6.04 Å². The lowest BCUT2D eigenvalue weighted by molar-refractivity contribution is 0.122. The molecular weight excluding hydrogens is 152 g/mol. The first-order valence-corrected chi connectivity index (χ1v) is 4.44. The molecule has 0 heterocycles. The van der Waals surface area contributed by atoms with Gasteiger partial charge >= 0.3 is 0 Å². The van der Waals surface area contributed by atoms with Gasteiger partial charge in [0.15, 0.2) is 0 Å². The zero-order chi connectivity index (χ0) is 9.40. The highest BCUT2D eigenvalue weighted by Crippen LogP contribution is 1.89. The van der Waals surface area contributed by atoms with Crippen molar-refractivity contribution < 1.29 is 4.74 Å². The second-order valence-corrected chi connectivity index (χ2v) is 3.08. The largest absolute Gasteiger partial charge is 0.379 e. The summed E-state index contributed by atoms with van der Waals surface area (Å²) in [7, 11) is 0. The minimum Gasteiger partial charge on any atom is -0.379 e. The molecule has 0 aliphatic carbocycles. The Morgan fingerprint density at radius 2 is 2.17 bits per heavy atom. The summed E-state index contributed by atoms with van der Waals surface area (Å²) in [5.74, 6) is 0. The molecule has 0 amide bonds. The summed E-state index contributed by atoms with van der Waals surface area (Å²) < 4.78 is 5.25. The van der Waals surface area contributed by atoms with Crippen molar-refractivity contribution in [1.82, 2.24) is 5.32 Å². The van der Waals surface area contributed by atoms with Crippen molar-refractivity contribution in [1.29, 1.82) is 5.26 Å². The van der Waals surface area contributed by atoms with Crippen LogP contribution in [0.3, 0.4) is 0 Å². The second kappa shape index (κ2) is 7.08. The molecule has 0 radical (unpaired) electrons. The molecule has 0 saturated heterocycles. The fourth-order valence-electron chi connectivity index (χ4n) is 0.871. The molecule has 0 bridgehead atoms. The molecule has 1 atom stereocenters. The molecule has 0 aromatic heterocycles. The minimum atomic E-state index is -0.170. The maximum atomic E-state index is 8.68. The first-order valence-electron chi connectivity index (χ1n) is 4.44. The third-order valence-corrected chi connectivity index (χ3v) is 1.32. The summed E-state index contributed by atoms with van der Waals surface area (Å²) in [6.45, 7) is 7.31. The van der Waals surface area contributed by atoms with Gasteiger partial charge in [0.1, 0.15) is 6.04 Å². The van der Waals surface area contributed by atoms with E-state index >= 15 is 0 Å². The van der Waals surface area contributed by atoms with E-state index < -0.39 is 0 Å². The highest BCUT2D eigenvalue weighted by molar-refractivity contribution is 4.90. The van der Waals surface area contributed by atoms with Crippen LogP contribution in [-0.4, -0.2) is 25.3 Å². The third kappa shape index (κ3) is 6.14. The zero-order valence-electron chi connectivity index (χ0n) is 8.13. The van der Waals surface area contributed by atoms with Crippen LogP contribution in [0.1, 0.15) is 27.2 Å². The van der Waals surface area contributed by atoms with Crippen LogP contribution in [0.25, 0.3) is 0 Å². The Balaban J connectivity index is 3.48. The smallest absolute Gasteiger partial charge is 0.119 e. The van der Waals surface area contributed by atoms with E-state index in [4.69, 9.17) is 10.00 Å². The summed E-state index contributed by atoms with van der Waals surface area (Å²) >= 11 is 0. The van der Waals surface area contributed by atoms with Crippen LogP contribution < -0.4 is 5.32 Å². The molecule has 3 heteroatoms. The first-order chi connectivity index (χ1) is 5.70. The topological polar surface area (TPSA) is 45.0 Å². The lowest BCUT2D eigenvalue weighted by Crippen LogP contribution is -2.37. The molecule has 0 saturated carbocycles. The predicted molar refractivity (Wildman–Crippen MR) is 48.8 cm³/mol. The van der Waals surface area contributed by atoms with E-state index in [1.807, 2.05) is 13.8 Å². The van der Waals surface area contributed by atoms with Crippen LogP contribution in [-0.2, 0) is 4.74 Å². The summed E-state index contributed by atoms with van der Waals surface area (Å²) in [5, 5.41) is 11.8. The highest BCUT2D eigenvalue weighted by Gasteiger charge is 2.07. The third-order valence-electron chi connectivity index (χ3n) is 1.32. The molecule has 1 unspecified atom stereocenters. The summed E-state index contributed by atoms with van der Waals surface area (Å²) in [6.07, 6.45) is 1.000. The molecule has 1 N–H and O–H groups in total. The van der Waals surface area contributed by atoms with Crippen LogP contribution in [0.15, 0.2) is 0 Å². The molecule has 70 valence electrons. The van der Waals surface area contributed by atoms with Gasteiger partial charge in [-0.1, -0.05) is 6.92 Å². The van der Waals surface area contributed by atoms with Crippen molar-refractivity contribution in [2.75, 3.05) is 13.2 Å². The van der Waals surface area contributed by atoms with Gasteiger partial charge in [0.05, 0.1) is 12.7 Å². The van der Waals surface area contributed by atoms with Crippen LogP contribution in [0.4, 0.5) is 0 Å². The van der Waals surface area contributed by atoms with Gasteiger partial charge in [0.25, 0.3) is 0 Å². The maximum Gasteiger partial charge on any atom is 0.119 e. The Labute approximate surface area is 74.7 Å². The van der Waals surface area contributed by atoms with Gasteiger partial charge in [0.2, 0.25) is 0 Å². The average Bonchev–Trinajstić information content (AvgIpc) is 2.02. The van der Waals surface area contributed by atoms with Gasteiger partial charge in [-0.15, -0.1) is 0 Å². The van der Waals surface area contributed by atoms with E-state index in [1.165, 1.54) is 0 Å². The number of rotatable bonds is 6. The van der Waals surface area contributed by atoms with Gasteiger partial charge in [-0.3, -0.25) is 5.32 Å². The minimum absolute atomic E-state index is 0.170. The van der Waals surface area contributed by atoms with E-state index in [2.05, 4.69) is 18.3 Å². The lowest BCUT2D eigenvalue weighted by atomic mass is 10.3. The summed E-state index contributed by atoms with van der Waals surface area (Å²) in [6, 6.07) is 2.32. The SMILES string of the molecule is CCCOCC(C#N)NC(C)C. The fourth-order valence-corrected chi connectivity index (χ4v) is 0.871. The number of nitriles is 1. The van der Waals surface area contributed by atoms with Crippen LogP contribution in [0.5, 0.6) is 0 Å². The normalized spacial score (nSPS) is 12.9. The van der Waals surface area contributed by atoms with E-state index in [9.17, 15) is 0 Å². The highest BCUT2D eigenvalue weighted by atomic mass is 16.5. The zero-order valence-corrected chi connectivity index (χ0v) is 8.13. The van der Waals surface area contributed by atoms with Gasteiger partial charge in [-0.2, -0.15) is 5.26 Å². The van der Waals surface area contributed by atoms with Crippen molar-refractivity contribution in [3.8, 4) is 6.07 Å². The molecule has 0 aromatic carbocycles. The Bertz CT molecular complexity index is 140. The van der Waals surface area contributed by atoms with Crippen molar-refractivity contribution >= 4 is 0 Å². The number of nitrogens with one attached hydrogen (secondary N) is 1. The molecule has 0 fully saturated rings. The van der Waals surface area contributed by atoms with Gasteiger partial charge in [-0.05, 0) is 20.3 Å². The second-order valence-electron chi connectivity index (χ2n) is 3.08. The first kappa shape index (κ1) is 11.4. The fraction of sp³-hybridized carbons (Fsp3) is 0.889. The van der Waals surface area contributed by atoms with Crippen molar-refractivity contribution in [2.24, 2.45) is 0 Å². The van der Waals surface area contributed by atoms with Crippen LogP contribution in [0, 0.1) is 11.3 Å². The van der Waals surface area contributed by atoms with Gasteiger partial charge in [0, 0.05) is 12.6 Å². The standard InChI is InChI=1S/C9H18N2O/c1-4-5-12-7-9(6-10)11-8(2)3/h8-9,11H,4-5,7H2,1-3H3. The quantitative estimate of drug-likeness (QED) is 0.611. The van der Waals surface area contributed by atoms with Gasteiger partial charge < -0.3 is 4.74 Å². The van der Waals surface area contributed by atoms with Crippen molar-refractivity contribution in [3.63, 3.8) is 0 Å². The number of hydrogen-bond acceptors (Lipinski definition) is 3. The van der Waals surface area contributed by atoms with Crippen LogP contribution in [0.2, 0.25) is 0 Å². The Morgan fingerprint density at radius 3 is 2.58 bits per heavy atom. The number of nitrogens with zero attached hydrogens (tertiary/aromatic N) is 1. The van der Waals surface area contributed by atoms with Crippen molar-refractivity contribution in [2.45, 2.75) is 39.3 Å². The number of ether oxygens (including phenoxy) is 1. The summed E-state index contributed by atoms with van der Waals surface area (Å²) in [4.78, 5) is 0. The van der Waals surface area contributed by atoms with E-state index in [0.717, 1.165) is 13.0 Å². The van der Waals surface area contributed by atoms with Crippen LogP contribution >= 0.6 is 0 Å². The van der Waals surface area contributed by atoms with Gasteiger partial charge in [-0.25, -0.2) is 0 Å². The Morgan fingerprint density at radius 1 is 1.50 bits per heavy atom. The molecule has 0 aliphatic heterocycles. The predicted octanol–water partition coefficient (Wildman–Crippen LogP) is 1.30. The van der Waals surface area contributed by atoms with E-state index in [1.54, 1.807) is 0 Å².